The summed E-state index contributed by atoms with van der Waals surface area (Å²) in [7, 11) is 1.65. The van der Waals surface area contributed by atoms with Crippen LogP contribution >= 0.6 is 0 Å². The van der Waals surface area contributed by atoms with E-state index >= 15 is 0 Å². The maximum atomic E-state index is 13.2. The van der Waals surface area contributed by atoms with Crippen LogP contribution in [-0.4, -0.2) is 40.1 Å². The van der Waals surface area contributed by atoms with E-state index in [0.717, 1.165) is 6.42 Å². The molecule has 0 heterocycles. The first-order chi connectivity index (χ1) is 9.77. The van der Waals surface area contributed by atoms with Crippen LogP contribution < -0.4 is 10.5 Å². The van der Waals surface area contributed by atoms with Crippen LogP contribution in [0.15, 0.2) is 18.2 Å². The summed E-state index contributed by atoms with van der Waals surface area (Å²) < 4.78 is 28.9. The average molecular weight is 281 g/mol. The van der Waals surface area contributed by atoms with Gasteiger partial charge < -0.3 is 19.9 Å². The second-order valence-electron chi connectivity index (χ2n) is 3.95. The zero-order chi connectivity index (χ0) is 14.6. The Kier molecular flexibility index (Phi) is 8.40. The van der Waals surface area contributed by atoms with E-state index in [1.165, 1.54) is 12.1 Å². The molecule has 0 aliphatic carbocycles. The lowest BCUT2D eigenvalue weighted by atomic mass is 10.2. The van der Waals surface area contributed by atoms with E-state index in [2.05, 4.69) is 11.8 Å². The molecule has 0 aliphatic rings. The molecular formula is C15H20FNO3. The van der Waals surface area contributed by atoms with E-state index in [1.54, 1.807) is 13.2 Å². The fourth-order valence-electron chi connectivity index (χ4n) is 1.48. The molecule has 1 rings (SSSR count). The smallest absolute Gasteiger partial charge is 0.137 e. The summed E-state index contributed by atoms with van der Waals surface area (Å²) in [6.45, 7) is 2.31. The van der Waals surface area contributed by atoms with Crippen LogP contribution in [0.25, 0.3) is 0 Å². The van der Waals surface area contributed by atoms with Crippen LogP contribution in [0, 0.1) is 17.7 Å². The molecule has 20 heavy (non-hydrogen) atoms. The zero-order valence-corrected chi connectivity index (χ0v) is 11.7. The van der Waals surface area contributed by atoms with Gasteiger partial charge in [0.25, 0.3) is 0 Å². The molecule has 0 aromatic heterocycles. The first-order valence-corrected chi connectivity index (χ1v) is 6.46. The molecule has 0 amide bonds. The third-order valence-corrected chi connectivity index (χ3v) is 2.39. The first kappa shape index (κ1) is 16.4. The van der Waals surface area contributed by atoms with E-state index in [1.807, 2.05) is 0 Å². The highest BCUT2D eigenvalue weighted by molar-refractivity contribution is 5.46. The lowest BCUT2D eigenvalue weighted by Crippen LogP contribution is -2.09. The molecule has 0 unspecified atom stereocenters. The van der Waals surface area contributed by atoms with Gasteiger partial charge in [0.1, 0.15) is 18.2 Å². The Bertz CT molecular complexity index is 454. The van der Waals surface area contributed by atoms with Gasteiger partial charge in [0, 0.05) is 26.4 Å². The Morgan fingerprint density at radius 2 is 2.05 bits per heavy atom. The van der Waals surface area contributed by atoms with E-state index in [0.29, 0.717) is 37.7 Å². The Morgan fingerprint density at radius 3 is 2.80 bits per heavy atom. The van der Waals surface area contributed by atoms with Crippen molar-refractivity contribution in [2.75, 3.05) is 40.1 Å². The number of nitrogens with two attached hydrogens (primary N) is 1. The number of halogens is 1. The fourth-order valence-corrected chi connectivity index (χ4v) is 1.48. The van der Waals surface area contributed by atoms with E-state index in [-0.39, 0.29) is 12.4 Å². The maximum absolute atomic E-state index is 13.2. The van der Waals surface area contributed by atoms with Gasteiger partial charge in [-0.2, -0.15) is 0 Å². The number of hydrogen-bond donors (Lipinski definition) is 1. The highest BCUT2D eigenvalue weighted by Crippen LogP contribution is 2.18. The van der Waals surface area contributed by atoms with E-state index in [9.17, 15) is 4.39 Å². The van der Waals surface area contributed by atoms with Gasteiger partial charge in [0.05, 0.1) is 18.7 Å². The maximum Gasteiger partial charge on any atom is 0.137 e. The van der Waals surface area contributed by atoms with Crippen molar-refractivity contribution in [3.05, 3.63) is 29.6 Å². The third kappa shape index (κ3) is 6.53. The van der Waals surface area contributed by atoms with Crippen molar-refractivity contribution in [3.8, 4) is 17.6 Å². The van der Waals surface area contributed by atoms with Crippen LogP contribution in [0.2, 0.25) is 0 Å². The van der Waals surface area contributed by atoms with Gasteiger partial charge in [-0.3, -0.25) is 0 Å². The lowest BCUT2D eigenvalue weighted by Gasteiger charge is -2.09. The molecule has 5 heteroatoms. The Morgan fingerprint density at radius 1 is 1.20 bits per heavy atom. The molecule has 4 nitrogen and oxygen atoms in total. The molecule has 0 fully saturated rings. The van der Waals surface area contributed by atoms with Gasteiger partial charge in [-0.1, -0.05) is 11.8 Å². The van der Waals surface area contributed by atoms with Crippen molar-refractivity contribution in [2.45, 2.75) is 6.42 Å². The summed E-state index contributed by atoms with van der Waals surface area (Å²) in [6, 6.07) is 4.23. The van der Waals surface area contributed by atoms with Crippen LogP contribution in [0.3, 0.4) is 0 Å². The standard InChI is InChI=1S/C15H20FNO3/c1-18-8-3-9-19-10-11-20-15-12-14(16)6-5-13(15)4-2-7-17/h5-6,12H,3,7-11,17H2,1H3. The predicted octanol–water partition coefficient (Wildman–Crippen LogP) is 1.57. The van der Waals surface area contributed by atoms with Gasteiger partial charge in [-0.15, -0.1) is 0 Å². The minimum Gasteiger partial charge on any atom is -0.490 e. The molecule has 0 saturated carbocycles. The van der Waals surface area contributed by atoms with Crippen LogP contribution in [0.5, 0.6) is 5.75 Å². The van der Waals surface area contributed by atoms with Crippen molar-refractivity contribution < 1.29 is 18.6 Å². The van der Waals surface area contributed by atoms with Gasteiger partial charge >= 0.3 is 0 Å². The van der Waals surface area contributed by atoms with Crippen molar-refractivity contribution >= 4 is 0 Å². The third-order valence-electron chi connectivity index (χ3n) is 2.39. The van der Waals surface area contributed by atoms with Crippen LogP contribution in [-0.2, 0) is 9.47 Å². The SMILES string of the molecule is COCCCOCCOc1cc(F)ccc1C#CCN. The summed E-state index contributed by atoms with van der Waals surface area (Å²) in [5.74, 6) is 5.61. The number of methoxy groups -OCH3 is 1. The summed E-state index contributed by atoms with van der Waals surface area (Å²) in [5.41, 5.74) is 5.94. The molecular weight excluding hydrogens is 261 g/mol. The molecule has 0 saturated heterocycles. The quantitative estimate of drug-likeness (QED) is 0.580. The second-order valence-corrected chi connectivity index (χ2v) is 3.95. The molecule has 110 valence electrons. The molecule has 2 N–H and O–H groups in total. The zero-order valence-electron chi connectivity index (χ0n) is 11.7. The Balaban J connectivity index is 2.40. The van der Waals surface area contributed by atoms with Gasteiger partial charge in [-0.05, 0) is 18.6 Å². The van der Waals surface area contributed by atoms with Crippen molar-refractivity contribution in [3.63, 3.8) is 0 Å². The number of hydrogen-bond acceptors (Lipinski definition) is 4. The second kappa shape index (κ2) is 10.2. The molecule has 1 aromatic carbocycles. The summed E-state index contributed by atoms with van der Waals surface area (Å²) in [4.78, 5) is 0. The highest BCUT2D eigenvalue weighted by Gasteiger charge is 2.03. The molecule has 0 spiro atoms. The number of rotatable bonds is 8. The molecule has 0 bridgehead atoms. The van der Waals surface area contributed by atoms with Crippen molar-refractivity contribution in [1.82, 2.24) is 0 Å². The highest BCUT2D eigenvalue weighted by atomic mass is 19.1. The lowest BCUT2D eigenvalue weighted by molar-refractivity contribution is 0.0805. The Labute approximate surface area is 119 Å². The monoisotopic (exact) mass is 281 g/mol. The Hall–Kier alpha value is -1.61. The van der Waals surface area contributed by atoms with Gasteiger partial charge in [0.2, 0.25) is 0 Å². The van der Waals surface area contributed by atoms with E-state index < -0.39 is 0 Å². The average Bonchev–Trinajstić information content (AvgIpc) is 2.45. The molecule has 0 atom stereocenters. The first-order valence-electron chi connectivity index (χ1n) is 6.46. The van der Waals surface area contributed by atoms with Gasteiger partial charge in [-0.25, -0.2) is 4.39 Å². The molecule has 0 radical (unpaired) electrons. The largest absolute Gasteiger partial charge is 0.490 e. The van der Waals surface area contributed by atoms with Crippen LogP contribution in [0.4, 0.5) is 4.39 Å². The van der Waals surface area contributed by atoms with E-state index in [4.69, 9.17) is 19.9 Å². The minimum absolute atomic E-state index is 0.249. The molecule has 0 aliphatic heterocycles. The normalized spacial score (nSPS) is 9.95. The van der Waals surface area contributed by atoms with Crippen molar-refractivity contribution in [1.29, 1.82) is 0 Å². The van der Waals surface area contributed by atoms with Crippen molar-refractivity contribution in [2.24, 2.45) is 5.73 Å². The summed E-state index contributed by atoms with van der Waals surface area (Å²) in [6.07, 6.45) is 0.837. The minimum atomic E-state index is -0.362. The van der Waals surface area contributed by atoms with Gasteiger partial charge in [0.15, 0.2) is 0 Å². The fraction of sp³-hybridized carbons (Fsp3) is 0.467. The number of ether oxygens (including phenoxy) is 3. The molecule has 1 aromatic rings. The summed E-state index contributed by atoms with van der Waals surface area (Å²) >= 11 is 0. The summed E-state index contributed by atoms with van der Waals surface area (Å²) in [5, 5.41) is 0. The number of benzene rings is 1. The topological polar surface area (TPSA) is 53.7 Å². The predicted molar refractivity (Wildman–Crippen MR) is 75.1 cm³/mol. The van der Waals surface area contributed by atoms with Crippen LogP contribution in [0.1, 0.15) is 12.0 Å².